The van der Waals surface area contributed by atoms with E-state index in [9.17, 15) is 8.22 Å². The zero-order valence-corrected chi connectivity index (χ0v) is 16.0. The monoisotopic (exact) mass is 333 g/mol. The normalized spacial score (nSPS) is 16.9. The van der Waals surface area contributed by atoms with Crippen molar-refractivity contribution >= 4 is 22.7 Å². The van der Waals surface area contributed by atoms with Crippen molar-refractivity contribution < 1.29 is 12.3 Å². The fraction of sp³-hybridized carbons (Fsp3) is 0.600. The van der Waals surface area contributed by atoms with E-state index in [0.29, 0.717) is 5.19 Å². The third-order valence-electron chi connectivity index (χ3n) is 3.52. The van der Waals surface area contributed by atoms with Crippen LogP contribution in [0.2, 0.25) is 11.6 Å². The predicted octanol–water partition coefficient (Wildman–Crippen LogP) is 4.71. The molecule has 0 aliphatic rings. The van der Waals surface area contributed by atoms with Crippen LogP contribution in [0.1, 0.15) is 41.5 Å². The number of halogens is 3. The van der Waals surface area contributed by atoms with E-state index in [1.807, 2.05) is 0 Å². The third kappa shape index (κ3) is 3.60. The Morgan fingerprint density at radius 2 is 1.29 bits per heavy atom. The molecule has 1 rings (SSSR count). The quantitative estimate of drug-likeness (QED) is 0.572. The van der Waals surface area contributed by atoms with Crippen LogP contribution in [0.3, 0.4) is 0 Å². The van der Waals surface area contributed by atoms with Crippen LogP contribution in [0.4, 0.5) is 12.3 Å². The molecule has 1 atom stereocenters. The highest BCUT2D eigenvalue weighted by Crippen LogP contribution is 2.45. The molecule has 6 heteroatoms. The first-order valence-electron chi connectivity index (χ1n) is 7.15. The van der Waals surface area contributed by atoms with Gasteiger partial charge in [0.15, 0.2) is 0 Å². The first-order valence-corrected chi connectivity index (χ1v) is 11.2. The van der Waals surface area contributed by atoms with Crippen molar-refractivity contribution in [1.82, 2.24) is 4.23 Å². The van der Waals surface area contributed by atoms with Crippen LogP contribution in [-0.4, -0.2) is 27.2 Å². The Morgan fingerprint density at radius 3 is 1.57 bits per heavy atom. The molecular formula is C15H26F3NSi2. The van der Waals surface area contributed by atoms with Crippen molar-refractivity contribution in [2.75, 3.05) is 0 Å². The second-order valence-corrected chi connectivity index (χ2v) is 13.9. The lowest BCUT2D eigenvalue weighted by Gasteiger charge is -2.51. The molecule has 0 aliphatic heterocycles. The maximum absolute atomic E-state index is 16.3. The largest absolute Gasteiger partial charge is 0.500 e. The van der Waals surface area contributed by atoms with Gasteiger partial charge in [0, 0.05) is 17.1 Å². The minimum Gasteiger partial charge on any atom is -0.286 e. The fourth-order valence-corrected chi connectivity index (χ4v) is 11.0. The van der Waals surface area contributed by atoms with Crippen LogP contribution < -0.4 is 5.19 Å². The van der Waals surface area contributed by atoms with Gasteiger partial charge in [0.05, 0.1) is 0 Å². The van der Waals surface area contributed by atoms with Crippen LogP contribution in [0.25, 0.3) is 0 Å². The van der Waals surface area contributed by atoms with Gasteiger partial charge in [-0.05, 0) is 26.0 Å². The third-order valence-corrected chi connectivity index (χ3v) is 11.5. The van der Waals surface area contributed by atoms with Crippen LogP contribution in [0.5, 0.6) is 0 Å². The van der Waals surface area contributed by atoms with Gasteiger partial charge in [0.25, 0.3) is 0 Å². The Labute approximate surface area is 128 Å². The first-order chi connectivity index (χ1) is 9.22. The number of hydrogen-bond donors (Lipinski definition) is 0. The van der Waals surface area contributed by atoms with Gasteiger partial charge in [-0.3, -0.25) is 16.6 Å². The van der Waals surface area contributed by atoms with E-state index in [-0.39, 0.29) is 0 Å². The molecular weight excluding hydrogens is 307 g/mol. The maximum atomic E-state index is 16.3. The first kappa shape index (κ1) is 18.5. The molecule has 120 valence electrons. The lowest BCUT2D eigenvalue weighted by atomic mass is 10.1. The predicted molar refractivity (Wildman–Crippen MR) is 88.1 cm³/mol. The van der Waals surface area contributed by atoms with E-state index in [0.717, 1.165) is 10.8 Å². The van der Waals surface area contributed by atoms with Gasteiger partial charge in [-0.1, -0.05) is 51.1 Å². The molecule has 0 saturated carbocycles. The van der Waals surface area contributed by atoms with Crippen LogP contribution >= 0.6 is 0 Å². The smallest absolute Gasteiger partial charge is 0.286 e. The van der Waals surface area contributed by atoms with Gasteiger partial charge >= 0.3 is 17.5 Å². The molecule has 0 radical (unpaired) electrons. The van der Waals surface area contributed by atoms with Gasteiger partial charge < -0.3 is 0 Å². The summed E-state index contributed by atoms with van der Waals surface area (Å²) in [5.74, 6) is 0. The summed E-state index contributed by atoms with van der Waals surface area (Å²) in [6, 6.07) is 8.52. The zero-order chi connectivity index (χ0) is 16.7. The summed E-state index contributed by atoms with van der Waals surface area (Å²) in [6.45, 7) is 11.1. The molecule has 0 spiro atoms. The summed E-state index contributed by atoms with van der Waals surface area (Å²) in [5, 5.41) is -0.435. The second kappa shape index (κ2) is 5.55. The van der Waals surface area contributed by atoms with Crippen molar-refractivity contribution in [3.05, 3.63) is 30.3 Å². The van der Waals surface area contributed by atoms with E-state index in [1.54, 1.807) is 71.9 Å². The van der Waals surface area contributed by atoms with E-state index in [4.69, 9.17) is 0 Å². The van der Waals surface area contributed by atoms with Crippen LogP contribution in [0.15, 0.2) is 30.3 Å². The molecule has 1 unspecified atom stereocenters. The SMILES string of the molecule is CC(C)(C)N([Si](C)(F)F)[Si](F)(c1ccccc1)C(C)(C)C. The molecule has 0 aromatic heterocycles. The molecule has 0 amide bonds. The van der Waals surface area contributed by atoms with Crippen molar-refractivity contribution in [2.24, 2.45) is 0 Å². The summed E-state index contributed by atoms with van der Waals surface area (Å²) in [6.07, 6.45) is 0. The summed E-state index contributed by atoms with van der Waals surface area (Å²) < 4.78 is 46.2. The minimum absolute atomic E-state index is 0.418. The molecule has 21 heavy (non-hydrogen) atoms. The van der Waals surface area contributed by atoms with E-state index in [1.165, 1.54) is 0 Å². The van der Waals surface area contributed by atoms with Gasteiger partial charge in [0.1, 0.15) is 0 Å². The molecule has 1 aromatic rings. The van der Waals surface area contributed by atoms with Crippen molar-refractivity contribution in [3.8, 4) is 0 Å². The number of nitrogens with zero attached hydrogens (tertiary/aromatic N) is 1. The van der Waals surface area contributed by atoms with E-state index in [2.05, 4.69) is 0 Å². The highest BCUT2D eigenvalue weighted by atomic mass is 28.5. The lowest BCUT2D eigenvalue weighted by molar-refractivity contribution is 0.265. The Kier molecular flexibility index (Phi) is 4.88. The number of hydrogen-bond acceptors (Lipinski definition) is 1. The molecule has 0 N–H and O–H groups in total. The number of benzene rings is 1. The molecule has 0 bridgehead atoms. The highest BCUT2D eigenvalue weighted by molar-refractivity contribution is 6.93. The summed E-state index contributed by atoms with van der Waals surface area (Å²) in [7, 11) is -8.91. The summed E-state index contributed by atoms with van der Waals surface area (Å²) in [4.78, 5) is 0. The molecule has 0 aliphatic carbocycles. The molecule has 0 fully saturated rings. The Balaban J connectivity index is 3.65. The molecule has 0 saturated heterocycles. The summed E-state index contributed by atoms with van der Waals surface area (Å²) >= 11 is 0. The van der Waals surface area contributed by atoms with Gasteiger partial charge in [-0.25, -0.2) is 0 Å². The second-order valence-electron chi connectivity index (χ2n) is 7.59. The van der Waals surface area contributed by atoms with Crippen LogP contribution in [0, 0.1) is 0 Å². The van der Waals surface area contributed by atoms with Crippen molar-refractivity contribution in [3.63, 3.8) is 0 Å². The lowest BCUT2D eigenvalue weighted by Crippen LogP contribution is -2.75. The summed E-state index contributed by atoms with van der Waals surface area (Å²) in [5.41, 5.74) is -0.922. The van der Waals surface area contributed by atoms with E-state index >= 15 is 4.11 Å². The van der Waals surface area contributed by atoms with Crippen molar-refractivity contribution in [2.45, 2.75) is 58.7 Å². The van der Waals surface area contributed by atoms with E-state index < -0.39 is 28.0 Å². The Morgan fingerprint density at radius 1 is 0.857 bits per heavy atom. The molecule has 1 nitrogen and oxygen atoms in total. The highest BCUT2D eigenvalue weighted by Gasteiger charge is 2.64. The fourth-order valence-electron chi connectivity index (χ4n) is 2.88. The molecule has 1 aromatic carbocycles. The van der Waals surface area contributed by atoms with Gasteiger partial charge in [0.2, 0.25) is 0 Å². The zero-order valence-electron chi connectivity index (χ0n) is 14.0. The average Bonchev–Trinajstić information content (AvgIpc) is 2.24. The van der Waals surface area contributed by atoms with Crippen molar-refractivity contribution in [1.29, 1.82) is 0 Å². The maximum Gasteiger partial charge on any atom is 0.500 e. The van der Waals surface area contributed by atoms with Crippen LogP contribution in [-0.2, 0) is 0 Å². The van der Waals surface area contributed by atoms with Gasteiger partial charge in [-0.15, -0.1) is 0 Å². The topological polar surface area (TPSA) is 3.24 Å². The Bertz CT molecular complexity index is 460. The average molecular weight is 334 g/mol. The van der Waals surface area contributed by atoms with Gasteiger partial charge in [-0.2, -0.15) is 0 Å². The Hall–Kier alpha value is -0.596. The molecule has 0 heterocycles. The standard InChI is InChI=1S/C15H26F3NSi2/c1-14(2,3)19(20(7,16)17)21(18,15(4,5)6)13-11-9-8-10-12-13/h8-12H,1-7H3. The minimum atomic E-state index is -4.83. The number of rotatable bonds is 3.